The highest BCUT2D eigenvalue weighted by Gasteiger charge is 2.29. The zero-order valence-corrected chi connectivity index (χ0v) is 29.9. The van der Waals surface area contributed by atoms with Gasteiger partial charge < -0.3 is 23.8 Å². The second kappa shape index (κ2) is 15.7. The number of fused-ring (bicyclic) bond motifs is 3. The van der Waals surface area contributed by atoms with Gasteiger partial charge >= 0.3 is 5.97 Å². The summed E-state index contributed by atoms with van der Waals surface area (Å²) in [6, 6.07) is 22.9. The van der Waals surface area contributed by atoms with Crippen LogP contribution < -0.4 is 19.1 Å². The standard InChI is InChI=1S/C17H15N3O2.C11H13BrO3.C9H10N2O/c1-19-16-7-13(5-3-11(16)9-18-19)20-10-12-4-6-14(22-2)8-15(12)17(20)21;1-3-15-11(13)10-6-9(14-2)5-4-8(10)7-12;1-11-9-5-8(12-2)4-3-7(9)6-10-11/h3-9H,10H2,1-2H3;4-6H,3,7H2,1-2H3;3-6H,1-2H3. The van der Waals surface area contributed by atoms with Gasteiger partial charge in [0, 0.05) is 47.5 Å². The van der Waals surface area contributed by atoms with Gasteiger partial charge in [0.2, 0.25) is 0 Å². The van der Waals surface area contributed by atoms with Crippen molar-refractivity contribution in [2.75, 3.05) is 32.8 Å². The van der Waals surface area contributed by atoms with Gasteiger partial charge in [-0.25, -0.2) is 4.79 Å². The lowest BCUT2D eigenvalue weighted by Crippen LogP contribution is -2.22. The van der Waals surface area contributed by atoms with E-state index in [9.17, 15) is 9.59 Å². The van der Waals surface area contributed by atoms with Crippen molar-refractivity contribution in [3.63, 3.8) is 0 Å². The molecule has 12 heteroatoms. The van der Waals surface area contributed by atoms with E-state index in [4.69, 9.17) is 18.9 Å². The molecule has 0 saturated carbocycles. The molecule has 0 fully saturated rings. The fraction of sp³-hybridized carbons (Fsp3) is 0.243. The smallest absolute Gasteiger partial charge is 0.338 e. The third-order valence-corrected chi connectivity index (χ3v) is 8.68. The maximum Gasteiger partial charge on any atom is 0.338 e. The molecule has 4 aromatic carbocycles. The molecule has 1 aliphatic rings. The first-order valence-corrected chi connectivity index (χ1v) is 16.6. The Bertz CT molecular complexity index is 2110. The molecule has 7 rings (SSSR count). The third kappa shape index (κ3) is 7.70. The summed E-state index contributed by atoms with van der Waals surface area (Å²) in [6.07, 6.45) is 3.67. The van der Waals surface area contributed by atoms with E-state index in [2.05, 4.69) is 26.1 Å². The minimum atomic E-state index is -0.314. The number of hydrogen-bond donors (Lipinski definition) is 0. The first kappa shape index (κ1) is 35.0. The number of aryl methyl sites for hydroxylation is 2. The molecular formula is C37H38BrN5O6. The Labute approximate surface area is 293 Å². The molecule has 1 amide bonds. The number of esters is 1. The molecule has 6 aromatic rings. The molecule has 49 heavy (non-hydrogen) atoms. The minimum absolute atomic E-state index is 0.00965. The summed E-state index contributed by atoms with van der Waals surface area (Å²) < 4.78 is 24.0. The van der Waals surface area contributed by atoms with Crippen LogP contribution in [-0.4, -0.2) is 59.4 Å². The Kier molecular flexibility index (Phi) is 11.2. The van der Waals surface area contributed by atoms with Crippen LogP contribution in [0.15, 0.2) is 85.2 Å². The van der Waals surface area contributed by atoms with Gasteiger partial charge in [-0.05, 0) is 72.6 Å². The number of methoxy groups -OCH3 is 3. The number of aromatic nitrogens is 4. The van der Waals surface area contributed by atoms with E-state index in [1.54, 1.807) is 45.3 Å². The molecule has 0 atom stereocenters. The highest BCUT2D eigenvalue weighted by atomic mass is 79.9. The van der Waals surface area contributed by atoms with Crippen LogP contribution in [0, 0.1) is 0 Å². The molecule has 0 N–H and O–H groups in total. The van der Waals surface area contributed by atoms with Crippen molar-refractivity contribution < 1.29 is 28.5 Å². The van der Waals surface area contributed by atoms with Crippen LogP contribution in [0.2, 0.25) is 0 Å². The van der Waals surface area contributed by atoms with Crippen molar-refractivity contribution in [3.8, 4) is 17.2 Å². The average Bonchev–Trinajstić information content (AvgIpc) is 3.81. The molecule has 254 valence electrons. The summed E-state index contributed by atoms with van der Waals surface area (Å²) in [5.74, 6) is 1.92. The molecule has 0 aliphatic carbocycles. The van der Waals surface area contributed by atoms with Gasteiger partial charge in [-0.3, -0.25) is 14.2 Å². The van der Waals surface area contributed by atoms with Gasteiger partial charge in [0.25, 0.3) is 5.91 Å². The highest BCUT2D eigenvalue weighted by Crippen LogP contribution is 2.32. The highest BCUT2D eigenvalue weighted by molar-refractivity contribution is 9.08. The Hall–Kier alpha value is -5.36. The fourth-order valence-electron chi connectivity index (χ4n) is 5.36. The molecule has 0 radical (unpaired) electrons. The number of halogens is 1. The van der Waals surface area contributed by atoms with Crippen LogP contribution in [0.25, 0.3) is 21.8 Å². The number of nitrogens with zero attached hydrogens (tertiary/aromatic N) is 5. The summed E-state index contributed by atoms with van der Waals surface area (Å²) >= 11 is 3.33. The summed E-state index contributed by atoms with van der Waals surface area (Å²) in [6.45, 7) is 2.74. The van der Waals surface area contributed by atoms with Crippen LogP contribution in [-0.2, 0) is 30.7 Å². The number of anilines is 1. The molecular weight excluding hydrogens is 690 g/mol. The zero-order valence-electron chi connectivity index (χ0n) is 28.3. The molecule has 0 bridgehead atoms. The second-order valence-corrected chi connectivity index (χ2v) is 11.6. The summed E-state index contributed by atoms with van der Waals surface area (Å²) in [5.41, 5.74) is 6.17. The average molecular weight is 729 g/mol. The molecule has 3 heterocycles. The van der Waals surface area contributed by atoms with Gasteiger partial charge in [-0.15, -0.1) is 0 Å². The lowest BCUT2D eigenvalue weighted by Gasteiger charge is -2.16. The number of ether oxygens (including phenoxy) is 4. The molecule has 0 spiro atoms. The van der Waals surface area contributed by atoms with Crippen LogP contribution in [0.4, 0.5) is 5.69 Å². The topological polar surface area (TPSA) is 110 Å². The van der Waals surface area contributed by atoms with E-state index in [1.807, 2.05) is 96.5 Å². The van der Waals surface area contributed by atoms with E-state index in [1.165, 1.54) is 0 Å². The van der Waals surface area contributed by atoms with E-state index >= 15 is 0 Å². The third-order valence-electron chi connectivity index (χ3n) is 8.08. The van der Waals surface area contributed by atoms with Crippen LogP contribution in [0.1, 0.15) is 38.8 Å². The number of amides is 1. The Morgan fingerprint density at radius 2 is 1.35 bits per heavy atom. The predicted molar refractivity (Wildman–Crippen MR) is 193 cm³/mol. The van der Waals surface area contributed by atoms with Gasteiger partial charge in [-0.1, -0.05) is 28.1 Å². The van der Waals surface area contributed by atoms with Crippen LogP contribution in [0.5, 0.6) is 17.2 Å². The number of carbonyl (C=O) groups is 2. The fourth-order valence-corrected chi connectivity index (χ4v) is 5.85. The Balaban J connectivity index is 0.000000152. The second-order valence-electron chi connectivity index (χ2n) is 11.0. The van der Waals surface area contributed by atoms with E-state index in [0.717, 1.165) is 44.4 Å². The van der Waals surface area contributed by atoms with Crippen molar-refractivity contribution >= 4 is 55.3 Å². The normalized spacial score (nSPS) is 11.7. The van der Waals surface area contributed by atoms with Gasteiger partial charge in [0.1, 0.15) is 17.2 Å². The van der Waals surface area contributed by atoms with E-state index in [-0.39, 0.29) is 11.9 Å². The first-order valence-electron chi connectivity index (χ1n) is 15.5. The maximum absolute atomic E-state index is 12.7. The SMILES string of the molecule is CCOC(=O)c1cc(OC)ccc1CBr.COc1ccc2c(c1)C(=O)N(c1ccc3cnn(C)c3c1)C2.COc1ccc2cnn(C)c2c1. The number of benzene rings is 4. The molecule has 0 saturated heterocycles. The zero-order chi connectivity index (χ0) is 35.1. The largest absolute Gasteiger partial charge is 0.497 e. The number of carbonyl (C=O) groups excluding carboxylic acids is 2. The lowest BCUT2D eigenvalue weighted by molar-refractivity contribution is 0.0525. The van der Waals surface area contributed by atoms with Crippen molar-refractivity contribution in [2.24, 2.45) is 14.1 Å². The van der Waals surface area contributed by atoms with Gasteiger partial charge in [0.15, 0.2) is 0 Å². The predicted octanol–water partition coefficient (Wildman–Crippen LogP) is 7.09. The Morgan fingerprint density at radius 1 is 0.776 bits per heavy atom. The van der Waals surface area contributed by atoms with Gasteiger partial charge in [-0.2, -0.15) is 10.2 Å². The quantitative estimate of drug-likeness (QED) is 0.127. The summed E-state index contributed by atoms with van der Waals surface area (Å²) in [5, 5.41) is 11.2. The van der Waals surface area contributed by atoms with E-state index in [0.29, 0.717) is 41.1 Å². The minimum Gasteiger partial charge on any atom is -0.497 e. The molecule has 11 nitrogen and oxygen atoms in total. The van der Waals surface area contributed by atoms with Crippen molar-refractivity contribution in [1.29, 1.82) is 0 Å². The number of alkyl halides is 1. The first-order chi connectivity index (χ1) is 23.7. The maximum atomic E-state index is 12.7. The van der Waals surface area contributed by atoms with Crippen LogP contribution in [0.3, 0.4) is 0 Å². The lowest BCUT2D eigenvalue weighted by atomic mass is 10.1. The van der Waals surface area contributed by atoms with Crippen LogP contribution >= 0.6 is 15.9 Å². The van der Waals surface area contributed by atoms with Crippen molar-refractivity contribution in [2.45, 2.75) is 18.8 Å². The summed E-state index contributed by atoms with van der Waals surface area (Å²) in [7, 11) is 8.66. The Morgan fingerprint density at radius 3 is 1.98 bits per heavy atom. The van der Waals surface area contributed by atoms with Gasteiger partial charge in [0.05, 0.1) is 63.5 Å². The number of hydrogen-bond acceptors (Lipinski definition) is 8. The van der Waals surface area contributed by atoms with Crippen molar-refractivity contribution in [1.82, 2.24) is 19.6 Å². The summed E-state index contributed by atoms with van der Waals surface area (Å²) in [4.78, 5) is 26.1. The number of rotatable bonds is 7. The molecule has 2 aromatic heterocycles. The van der Waals surface area contributed by atoms with Crippen molar-refractivity contribution in [3.05, 3.63) is 107 Å². The molecule has 1 aliphatic heterocycles. The van der Waals surface area contributed by atoms with E-state index < -0.39 is 0 Å². The molecule has 0 unspecified atom stereocenters. The monoisotopic (exact) mass is 727 g/mol.